The van der Waals surface area contributed by atoms with Crippen LogP contribution in [0.25, 0.3) is 28.2 Å². The van der Waals surface area contributed by atoms with Crippen LogP contribution in [0.15, 0.2) is 82.0 Å². The summed E-state index contributed by atoms with van der Waals surface area (Å²) in [7, 11) is 3.14. The molecule has 0 saturated carbocycles. The summed E-state index contributed by atoms with van der Waals surface area (Å²) in [6.07, 6.45) is 3.95. The highest BCUT2D eigenvalue weighted by Crippen LogP contribution is 2.34. The molecule has 0 unspecified atom stereocenters. The van der Waals surface area contributed by atoms with Gasteiger partial charge in [-0.3, -0.25) is 0 Å². The van der Waals surface area contributed by atoms with E-state index in [-0.39, 0.29) is 0 Å². The van der Waals surface area contributed by atoms with Gasteiger partial charge in [0.25, 0.3) is 0 Å². The largest absolute Gasteiger partial charge is 0.493 e. The molecule has 162 valence electrons. The maximum Gasteiger partial charge on any atom is 0.344 e. The summed E-state index contributed by atoms with van der Waals surface area (Å²) in [4.78, 5) is 12.8. The summed E-state index contributed by atoms with van der Waals surface area (Å²) >= 11 is 0. The van der Waals surface area contributed by atoms with Gasteiger partial charge in [0.05, 0.1) is 19.8 Å². The van der Waals surface area contributed by atoms with Crippen LogP contribution in [0.5, 0.6) is 17.2 Å². The highest BCUT2D eigenvalue weighted by Gasteiger charge is 2.16. The highest BCUT2D eigenvalue weighted by atomic mass is 16.5. The minimum absolute atomic E-state index is 0.410. The summed E-state index contributed by atoms with van der Waals surface area (Å²) in [5.74, 6) is 1.79. The molecule has 5 heteroatoms. The fourth-order valence-corrected chi connectivity index (χ4v) is 3.64. The molecule has 1 aromatic heterocycles. The first-order chi connectivity index (χ1) is 15.6. The average molecular weight is 428 g/mol. The van der Waals surface area contributed by atoms with Crippen molar-refractivity contribution >= 4 is 17.0 Å². The first-order valence-corrected chi connectivity index (χ1v) is 10.2. The molecule has 0 aliphatic rings. The molecular formula is C27H24O5. The third-order valence-electron chi connectivity index (χ3n) is 5.27. The van der Waals surface area contributed by atoms with Crippen molar-refractivity contribution in [2.24, 2.45) is 0 Å². The fourth-order valence-electron chi connectivity index (χ4n) is 3.64. The van der Waals surface area contributed by atoms with Crippen molar-refractivity contribution in [1.82, 2.24) is 0 Å². The molecule has 0 atom stereocenters. The Balaban J connectivity index is 1.61. The number of rotatable bonds is 7. The van der Waals surface area contributed by atoms with Gasteiger partial charge >= 0.3 is 5.63 Å². The van der Waals surface area contributed by atoms with Crippen molar-refractivity contribution in [2.45, 2.75) is 6.92 Å². The summed E-state index contributed by atoms with van der Waals surface area (Å²) in [5, 5.41) is 0.849. The predicted octanol–water partition coefficient (Wildman–Crippen LogP) is 5.88. The summed E-state index contributed by atoms with van der Waals surface area (Å²) in [6.45, 7) is 2.32. The van der Waals surface area contributed by atoms with E-state index in [1.807, 2.05) is 67.6 Å². The second kappa shape index (κ2) is 9.43. The van der Waals surface area contributed by atoms with Crippen LogP contribution < -0.4 is 19.8 Å². The lowest BCUT2D eigenvalue weighted by atomic mass is 9.99. The summed E-state index contributed by atoms with van der Waals surface area (Å²) in [5.41, 5.74) is 3.22. The zero-order valence-corrected chi connectivity index (χ0v) is 18.3. The summed E-state index contributed by atoms with van der Waals surface area (Å²) < 4.78 is 22.1. The van der Waals surface area contributed by atoms with E-state index in [4.69, 9.17) is 18.6 Å². The number of fused-ring (bicyclic) bond motifs is 1. The van der Waals surface area contributed by atoms with Crippen molar-refractivity contribution < 1.29 is 18.6 Å². The van der Waals surface area contributed by atoms with Crippen LogP contribution >= 0.6 is 0 Å². The number of benzene rings is 3. The first-order valence-electron chi connectivity index (χ1n) is 10.2. The lowest BCUT2D eigenvalue weighted by Crippen LogP contribution is -2.06. The molecule has 0 aliphatic carbocycles. The zero-order valence-electron chi connectivity index (χ0n) is 18.3. The Morgan fingerprint density at radius 2 is 1.69 bits per heavy atom. The van der Waals surface area contributed by atoms with E-state index < -0.39 is 5.63 Å². The Bertz CT molecular complexity index is 1320. The number of methoxy groups -OCH3 is 2. The smallest absolute Gasteiger partial charge is 0.344 e. The van der Waals surface area contributed by atoms with Gasteiger partial charge in [-0.2, -0.15) is 0 Å². The number of aryl methyl sites for hydroxylation is 1. The Labute approximate surface area is 186 Å². The number of hydrogen-bond donors (Lipinski definition) is 0. The molecule has 3 aromatic carbocycles. The van der Waals surface area contributed by atoms with Crippen LogP contribution in [0.2, 0.25) is 0 Å². The first kappa shape index (κ1) is 21.2. The quantitative estimate of drug-likeness (QED) is 0.344. The molecule has 0 aliphatic heterocycles. The fraction of sp³-hybridized carbons (Fsp3) is 0.148. The summed E-state index contributed by atoms with van der Waals surface area (Å²) in [6, 6.07) is 20.9. The van der Waals surface area contributed by atoms with E-state index in [1.54, 1.807) is 32.4 Å². The molecule has 0 N–H and O–H groups in total. The van der Waals surface area contributed by atoms with Crippen LogP contribution in [0.1, 0.15) is 11.1 Å². The van der Waals surface area contributed by atoms with E-state index in [9.17, 15) is 4.79 Å². The van der Waals surface area contributed by atoms with Crippen LogP contribution in [0.3, 0.4) is 0 Å². The number of ether oxygens (including phenoxy) is 3. The molecule has 0 spiro atoms. The van der Waals surface area contributed by atoms with E-state index >= 15 is 0 Å². The van der Waals surface area contributed by atoms with Gasteiger partial charge in [0.15, 0.2) is 11.5 Å². The molecule has 0 amide bonds. The highest BCUT2D eigenvalue weighted by molar-refractivity contribution is 5.87. The lowest BCUT2D eigenvalue weighted by molar-refractivity contribution is 0.355. The van der Waals surface area contributed by atoms with Gasteiger partial charge in [0.1, 0.15) is 17.9 Å². The molecular weight excluding hydrogens is 404 g/mol. The third kappa shape index (κ3) is 4.37. The van der Waals surface area contributed by atoms with Crippen LogP contribution in [-0.2, 0) is 0 Å². The Morgan fingerprint density at radius 1 is 0.906 bits per heavy atom. The molecule has 4 aromatic rings. The SMILES string of the molecule is COc1ccc(-c2c(C)c3ccc(OC/C=C/c4ccccc4)cc3oc2=O)cc1OC. The minimum Gasteiger partial charge on any atom is -0.493 e. The average Bonchev–Trinajstić information content (AvgIpc) is 2.82. The Morgan fingerprint density at radius 3 is 2.44 bits per heavy atom. The Hall–Kier alpha value is -3.99. The lowest BCUT2D eigenvalue weighted by Gasteiger charge is -2.12. The molecule has 4 rings (SSSR count). The van der Waals surface area contributed by atoms with Crippen LogP contribution in [0.4, 0.5) is 0 Å². The second-order valence-electron chi connectivity index (χ2n) is 7.24. The van der Waals surface area contributed by atoms with Crippen molar-refractivity contribution in [3.8, 4) is 28.4 Å². The predicted molar refractivity (Wildman–Crippen MR) is 127 cm³/mol. The normalized spacial score (nSPS) is 11.1. The zero-order chi connectivity index (χ0) is 22.5. The molecule has 0 bridgehead atoms. The molecule has 32 heavy (non-hydrogen) atoms. The standard InChI is InChI=1S/C27H24O5/c1-18-22-13-12-21(31-15-7-10-19-8-5-4-6-9-19)17-24(22)32-27(28)26(18)20-11-14-23(29-2)25(16-20)30-3/h4-14,16-17H,15H2,1-3H3/b10-7+. The molecule has 0 radical (unpaired) electrons. The van der Waals surface area contributed by atoms with Gasteiger partial charge in [-0.05, 0) is 54.0 Å². The van der Waals surface area contributed by atoms with Gasteiger partial charge in [-0.15, -0.1) is 0 Å². The molecule has 5 nitrogen and oxygen atoms in total. The van der Waals surface area contributed by atoms with E-state index in [2.05, 4.69) is 0 Å². The molecule has 1 heterocycles. The third-order valence-corrected chi connectivity index (χ3v) is 5.27. The number of hydrogen-bond acceptors (Lipinski definition) is 5. The van der Waals surface area contributed by atoms with Gasteiger partial charge in [0, 0.05) is 11.5 Å². The topological polar surface area (TPSA) is 57.9 Å². The van der Waals surface area contributed by atoms with Crippen molar-refractivity contribution in [2.75, 3.05) is 20.8 Å². The molecule has 0 fully saturated rings. The monoisotopic (exact) mass is 428 g/mol. The Kier molecular flexibility index (Phi) is 6.26. The minimum atomic E-state index is -0.414. The van der Waals surface area contributed by atoms with Crippen molar-refractivity contribution in [1.29, 1.82) is 0 Å². The maximum absolute atomic E-state index is 12.8. The van der Waals surface area contributed by atoms with E-state index in [1.165, 1.54) is 0 Å². The van der Waals surface area contributed by atoms with Gasteiger partial charge in [-0.25, -0.2) is 4.79 Å². The van der Waals surface area contributed by atoms with Gasteiger partial charge in [-0.1, -0.05) is 42.5 Å². The van der Waals surface area contributed by atoms with E-state index in [0.29, 0.717) is 40.6 Å². The molecule has 0 saturated heterocycles. The van der Waals surface area contributed by atoms with Crippen molar-refractivity contribution in [3.05, 3.63) is 94.4 Å². The van der Waals surface area contributed by atoms with Gasteiger partial charge < -0.3 is 18.6 Å². The van der Waals surface area contributed by atoms with Crippen LogP contribution in [0, 0.1) is 6.92 Å². The second-order valence-corrected chi connectivity index (χ2v) is 7.24. The van der Waals surface area contributed by atoms with Crippen molar-refractivity contribution in [3.63, 3.8) is 0 Å². The van der Waals surface area contributed by atoms with Crippen LogP contribution in [-0.4, -0.2) is 20.8 Å². The van der Waals surface area contributed by atoms with Gasteiger partial charge in [0.2, 0.25) is 0 Å². The maximum atomic E-state index is 12.8. The van der Waals surface area contributed by atoms with E-state index in [0.717, 1.165) is 16.5 Å².